The first kappa shape index (κ1) is 14.5. The Balaban J connectivity index is 2.27. The van der Waals surface area contributed by atoms with Crippen molar-refractivity contribution in [3.8, 4) is 0 Å². The number of rotatable bonds is 3. The molecule has 0 aliphatic heterocycles. The fourth-order valence-corrected chi connectivity index (χ4v) is 2.77. The van der Waals surface area contributed by atoms with Crippen LogP contribution < -0.4 is 11.1 Å². The largest absolute Gasteiger partial charge is 0.398 e. The smallest absolute Gasteiger partial charge is 0.252 e. The Morgan fingerprint density at radius 1 is 1.30 bits per heavy atom. The molecule has 4 nitrogen and oxygen atoms in total. The van der Waals surface area contributed by atoms with E-state index in [1.165, 1.54) is 11.3 Å². The van der Waals surface area contributed by atoms with Gasteiger partial charge in [-0.2, -0.15) is 0 Å². The standard InChI is InChI=1S/C15H19N3OS/c1-9-7-10(2)12(16)8-11(9)13(19)18-15(3,4)14-17-5-6-20-14/h5-8H,16H2,1-4H3,(H,18,19). The highest BCUT2D eigenvalue weighted by Crippen LogP contribution is 2.24. The highest BCUT2D eigenvalue weighted by molar-refractivity contribution is 7.09. The zero-order valence-corrected chi connectivity index (χ0v) is 13.0. The van der Waals surface area contributed by atoms with Gasteiger partial charge < -0.3 is 11.1 Å². The van der Waals surface area contributed by atoms with Crippen LogP contribution in [0.1, 0.15) is 40.3 Å². The molecule has 5 heteroatoms. The monoisotopic (exact) mass is 289 g/mol. The van der Waals surface area contributed by atoms with E-state index in [2.05, 4.69) is 10.3 Å². The second-order valence-corrected chi connectivity index (χ2v) is 6.33. The Labute approximate surface area is 123 Å². The number of nitrogens with two attached hydrogens (primary N) is 1. The number of aromatic nitrogens is 1. The molecule has 106 valence electrons. The van der Waals surface area contributed by atoms with E-state index < -0.39 is 5.54 Å². The minimum atomic E-state index is -0.503. The normalized spacial score (nSPS) is 11.4. The Morgan fingerprint density at radius 3 is 2.60 bits per heavy atom. The van der Waals surface area contributed by atoms with Crippen LogP contribution in [0.4, 0.5) is 5.69 Å². The van der Waals surface area contributed by atoms with Gasteiger partial charge in [-0.3, -0.25) is 4.79 Å². The van der Waals surface area contributed by atoms with Crippen LogP contribution in [0.5, 0.6) is 0 Å². The van der Waals surface area contributed by atoms with Gasteiger partial charge >= 0.3 is 0 Å². The van der Waals surface area contributed by atoms with Gasteiger partial charge in [0.05, 0.1) is 5.54 Å². The van der Waals surface area contributed by atoms with Crippen molar-refractivity contribution in [2.24, 2.45) is 0 Å². The Kier molecular flexibility index (Phi) is 3.81. The molecule has 0 unspecified atom stereocenters. The lowest BCUT2D eigenvalue weighted by Gasteiger charge is -2.24. The topological polar surface area (TPSA) is 68.0 Å². The average molecular weight is 289 g/mol. The summed E-state index contributed by atoms with van der Waals surface area (Å²) in [5, 5.41) is 5.80. The highest BCUT2D eigenvalue weighted by atomic mass is 32.1. The van der Waals surface area contributed by atoms with Crippen molar-refractivity contribution < 1.29 is 4.79 Å². The van der Waals surface area contributed by atoms with Crippen LogP contribution in [0.2, 0.25) is 0 Å². The lowest BCUT2D eigenvalue weighted by molar-refractivity contribution is 0.0911. The number of thiazole rings is 1. The summed E-state index contributed by atoms with van der Waals surface area (Å²) in [6, 6.07) is 3.67. The van der Waals surface area contributed by atoms with Gasteiger partial charge in [0.25, 0.3) is 5.91 Å². The molecule has 1 aromatic carbocycles. The maximum absolute atomic E-state index is 12.5. The molecule has 0 aliphatic carbocycles. The number of carbonyl (C=O) groups excluding carboxylic acids is 1. The summed E-state index contributed by atoms with van der Waals surface area (Å²) in [6.07, 6.45) is 1.74. The number of nitrogen functional groups attached to an aromatic ring is 1. The molecule has 2 rings (SSSR count). The Hall–Kier alpha value is -1.88. The number of carbonyl (C=O) groups is 1. The highest BCUT2D eigenvalue weighted by Gasteiger charge is 2.26. The van der Waals surface area contributed by atoms with Crippen molar-refractivity contribution in [2.45, 2.75) is 33.2 Å². The van der Waals surface area contributed by atoms with Crippen LogP contribution in [0.3, 0.4) is 0 Å². The summed E-state index contributed by atoms with van der Waals surface area (Å²) in [4.78, 5) is 16.7. The third kappa shape index (κ3) is 2.82. The third-order valence-corrected chi connectivity index (χ3v) is 4.35. The Morgan fingerprint density at radius 2 is 2.00 bits per heavy atom. The van der Waals surface area contributed by atoms with Crippen molar-refractivity contribution in [2.75, 3.05) is 5.73 Å². The van der Waals surface area contributed by atoms with E-state index in [0.29, 0.717) is 11.3 Å². The number of nitrogens with one attached hydrogen (secondary N) is 1. The zero-order valence-electron chi connectivity index (χ0n) is 12.2. The van der Waals surface area contributed by atoms with Gasteiger partial charge in [0, 0.05) is 22.8 Å². The molecule has 0 saturated carbocycles. The van der Waals surface area contributed by atoms with Crippen LogP contribution in [0, 0.1) is 13.8 Å². The first-order valence-corrected chi connectivity index (χ1v) is 7.28. The van der Waals surface area contributed by atoms with Gasteiger partial charge in [0.2, 0.25) is 0 Å². The molecule has 20 heavy (non-hydrogen) atoms. The predicted molar refractivity (Wildman–Crippen MR) is 82.9 cm³/mol. The number of benzene rings is 1. The molecule has 3 N–H and O–H groups in total. The fraction of sp³-hybridized carbons (Fsp3) is 0.333. The lowest BCUT2D eigenvalue weighted by atomic mass is 10.0. The number of hydrogen-bond donors (Lipinski definition) is 2. The Bertz CT molecular complexity index is 633. The second kappa shape index (κ2) is 5.25. The lowest BCUT2D eigenvalue weighted by Crippen LogP contribution is -2.41. The maximum Gasteiger partial charge on any atom is 0.252 e. The fourth-order valence-electron chi connectivity index (χ4n) is 2.05. The van der Waals surface area contributed by atoms with E-state index in [9.17, 15) is 4.79 Å². The first-order chi connectivity index (χ1) is 9.31. The van der Waals surface area contributed by atoms with Crippen LogP contribution in [0.15, 0.2) is 23.7 Å². The van der Waals surface area contributed by atoms with Crippen molar-refractivity contribution in [3.63, 3.8) is 0 Å². The number of anilines is 1. The predicted octanol–water partition coefficient (Wildman–Crippen LogP) is 3.01. The summed E-state index contributed by atoms with van der Waals surface area (Å²) in [5.41, 5.74) is 8.54. The molecule has 0 bridgehead atoms. The van der Waals surface area contributed by atoms with Crippen molar-refractivity contribution in [3.05, 3.63) is 45.4 Å². The van der Waals surface area contributed by atoms with Crippen molar-refractivity contribution >= 4 is 22.9 Å². The summed E-state index contributed by atoms with van der Waals surface area (Å²) in [7, 11) is 0. The SMILES string of the molecule is Cc1cc(C)c(C(=O)NC(C)(C)c2nccs2)cc1N. The average Bonchev–Trinajstić information content (AvgIpc) is 2.87. The van der Waals surface area contributed by atoms with Crippen LogP contribution in [-0.2, 0) is 5.54 Å². The number of aryl methyl sites for hydroxylation is 2. The molecule has 0 radical (unpaired) electrons. The summed E-state index contributed by atoms with van der Waals surface area (Å²) in [6.45, 7) is 7.73. The minimum absolute atomic E-state index is 0.130. The van der Waals surface area contributed by atoms with E-state index in [0.717, 1.165) is 16.1 Å². The van der Waals surface area contributed by atoms with E-state index in [-0.39, 0.29) is 5.91 Å². The second-order valence-electron chi connectivity index (χ2n) is 5.44. The van der Waals surface area contributed by atoms with Crippen LogP contribution in [-0.4, -0.2) is 10.9 Å². The van der Waals surface area contributed by atoms with E-state index in [1.54, 1.807) is 12.3 Å². The number of hydrogen-bond acceptors (Lipinski definition) is 4. The number of amides is 1. The summed E-state index contributed by atoms with van der Waals surface area (Å²) in [5.74, 6) is -0.130. The molecular weight excluding hydrogens is 270 g/mol. The summed E-state index contributed by atoms with van der Waals surface area (Å²) < 4.78 is 0. The van der Waals surface area contributed by atoms with E-state index in [4.69, 9.17) is 5.73 Å². The molecule has 1 aromatic heterocycles. The van der Waals surface area contributed by atoms with E-state index in [1.807, 2.05) is 39.1 Å². The van der Waals surface area contributed by atoms with Gasteiger partial charge in [0.1, 0.15) is 5.01 Å². The maximum atomic E-state index is 12.5. The molecule has 0 atom stereocenters. The van der Waals surface area contributed by atoms with Crippen molar-refractivity contribution in [1.82, 2.24) is 10.3 Å². The van der Waals surface area contributed by atoms with Gasteiger partial charge in [-0.1, -0.05) is 6.07 Å². The van der Waals surface area contributed by atoms with Gasteiger partial charge in [-0.25, -0.2) is 4.98 Å². The third-order valence-electron chi connectivity index (χ3n) is 3.25. The molecule has 1 heterocycles. The molecule has 1 amide bonds. The van der Waals surface area contributed by atoms with Crippen LogP contribution in [0.25, 0.3) is 0 Å². The quantitative estimate of drug-likeness (QED) is 0.853. The van der Waals surface area contributed by atoms with Crippen LogP contribution >= 0.6 is 11.3 Å². The molecular formula is C15H19N3OS. The zero-order chi connectivity index (χ0) is 14.9. The molecule has 0 aliphatic rings. The molecule has 0 spiro atoms. The van der Waals surface area contributed by atoms with Crippen molar-refractivity contribution in [1.29, 1.82) is 0 Å². The molecule has 0 fully saturated rings. The summed E-state index contributed by atoms with van der Waals surface area (Å²) >= 11 is 1.53. The van der Waals surface area contributed by atoms with Gasteiger partial charge in [0.15, 0.2) is 0 Å². The minimum Gasteiger partial charge on any atom is -0.398 e. The molecule has 0 saturated heterocycles. The first-order valence-electron chi connectivity index (χ1n) is 6.40. The molecule has 2 aromatic rings. The van der Waals surface area contributed by atoms with Gasteiger partial charge in [-0.15, -0.1) is 11.3 Å². The van der Waals surface area contributed by atoms with Gasteiger partial charge in [-0.05, 0) is 44.9 Å². The van der Waals surface area contributed by atoms with E-state index >= 15 is 0 Å². The number of nitrogens with zero attached hydrogens (tertiary/aromatic N) is 1.